The van der Waals surface area contributed by atoms with Gasteiger partial charge in [0.2, 0.25) is 5.91 Å². The van der Waals surface area contributed by atoms with Gasteiger partial charge in [-0.25, -0.2) is 0 Å². The van der Waals surface area contributed by atoms with Crippen LogP contribution in [0.15, 0.2) is 35.3 Å². The molecule has 0 spiro atoms. The highest BCUT2D eigenvalue weighted by Crippen LogP contribution is 2.37. The van der Waals surface area contributed by atoms with Gasteiger partial charge >= 0.3 is 0 Å². The Morgan fingerprint density at radius 2 is 2.10 bits per heavy atom. The van der Waals surface area contributed by atoms with Gasteiger partial charge in [0.15, 0.2) is 0 Å². The number of thioether (sulfide) groups is 1. The summed E-state index contributed by atoms with van der Waals surface area (Å²) in [6, 6.07) is 10.2. The molecule has 3 nitrogen and oxygen atoms in total. The predicted octanol–water partition coefficient (Wildman–Crippen LogP) is 3.24. The third-order valence-corrected chi connectivity index (χ3v) is 5.39. The summed E-state index contributed by atoms with van der Waals surface area (Å²) in [5, 5.41) is 4.18. The summed E-state index contributed by atoms with van der Waals surface area (Å²) < 4.78 is 0. The zero-order chi connectivity index (χ0) is 14.9. The van der Waals surface area contributed by atoms with Crippen LogP contribution in [0.4, 0.5) is 0 Å². The van der Waals surface area contributed by atoms with Gasteiger partial charge in [0.1, 0.15) is 6.04 Å². The molecule has 1 heterocycles. The average Bonchev–Trinajstić information content (AvgIpc) is 3.07. The zero-order valence-electron chi connectivity index (χ0n) is 12.6. The lowest BCUT2D eigenvalue weighted by Gasteiger charge is -2.18. The minimum absolute atomic E-state index is 0.0936. The van der Waals surface area contributed by atoms with Crippen LogP contribution in [0.25, 0.3) is 0 Å². The van der Waals surface area contributed by atoms with Crippen molar-refractivity contribution in [1.82, 2.24) is 5.32 Å². The van der Waals surface area contributed by atoms with E-state index in [2.05, 4.69) is 24.2 Å². The van der Waals surface area contributed by atoms with Gasteiger partial charge in [-0.1, -0.05) is 44.2 Å². The Bertz CT molecular complexity index is 553. The third-order valence-electron chi connectivity index (χ3n) is 4.29. The van der Waals surface area contributed by atoms with Crippen molar-refractivity contribution in [3.05, 3.63) is 35.9 Å². The maximum Gasteiger partial charge on any atom is 0.245 e. The maximum absolute atomic E-state index is 12.4. The summed E-state index contributed by atoms with van der Waals surface area (Å²) >= 11 is 1.68. The molecule has 1 aromatic rings. The second kappa shape index (κ2) is 5.84. The Morgan fingerprint density at radius 3 is 2.76 bits per heavy atom. The number of nitrogens with one attached hydrogen (secondary N) is 1. The average molecular weight is 302 g/mol. The highest BCUT2D eigenvalue weighted by molar-refractivity contribution is 8.14. The summed E-state index contributed by atoms with van der Waals surface area (Å²) in [5.41, 5.74) is 1.47. The lowest BCUT2D eigenvalue weighted by molar-refractivity contribution is -0.122. The van der Waals surface area contributed by atoms with Crippen molar-refractivity contribution in [2.45, 2.75) is 45.2 Å². The number of carbonyl (C=O) groups is 1. The molecule has 21 heavy (non-hydrogen) atoms. The van der Waals surface area contributed by atoms with E-state index >= 15 is 0 Å². The molecule has 0 aromatic heterocycles. The minimum Gasteiger partial charge on any atom is -0.351 e. The fourth-order valence-corrected chi connectivity index (χ4v) is 4.15. The first-order chi connectivity index (χ1) is 10.0. The number of rotatable bonds is 3. The lowest BCUT2D eigenvalue weighted by atomic mass is 9.92. The molecule has 2 atom stereocenters. The maximum atomic E-state index is 12.4. The molecule has 112 valence electrons. The van der Waals surface area contributed by atoms with E-state index in [1.54, 1.807) is 11.8 Å². The van der Waals surface area contributed by atoms with Crippen LogP contribution in [0.1, 0.15) is 38.7 Å². The molecule has 3 rings (SSSR count). The Labute approximate surface area is 130 Å². The van der Waals surface area contributed by atoms with Crippen molar-refractivity contribution in [1.29, 1.82) is 0 Å². The Balaban J connectivity index is 1.61. The first-order valence-electron chi connectivity index (χ1n) is 7.60. The SMILES string of the molecule is CC1(C)CCC(NC(=O)C2CSC(c3ccccc3)=N2)C1. The summed E-state index contributed by atoms with van der Waals surface area (Å²) in [4.78, 5) is 17.0. The molecule has 1 saturated carbocycles. The molecule has 1 aliphatic heterocycles. The number of amides is 1. The van der Waals surface area contributed by atoms with Crippen LogP contribution in [0, 0.1) is 5.41 Å². The van der Waals surface area contributed by atoms with E-state index in [9.17, 15) is 4.79 Å². The second-order valence-corrected chi connectivity index (χ2v) is 7.75. The molecule has 2 aliphatic rings. The van der Waals surface area contributed by atoms with Gasteiger partial charge in [-0.05, 0) is 24.7 Å². The van der Waals surface area contributed by atoms with Crippen LogP contribution in [-0.4, -0.2) is 28.8 Å². The summed E-state index contributed by atoms with van der Waals surface area (Å²) in [5.74, 6) is 0.850. The number of nitrogens with zero attached hydrogens (tertiary/aromatic N) is 1. The quantitative estimate of drug-likeness (QED) is 0.931. The molecule has 4 heteroatoms. The Kier molecular flexibility index (Phi) is 4.07. The largest absolute Gasteiger partial charge is 0.351 e. The van der Waals surface area contributed by atoms with Gasteiger partial charge in [-0.2, -0.15) is 0 Å². The molecule has 1 amide bonds. The first kappa shape index (κ1) is 14.6. The molecular weight excluding hydrogens is 280 g/mol. The van der Waals surface area contributed by atoms with Crippen molar-refractivity contribution in [2.24, 2.45) is 10.4 Å². The lowest BCUT2D eigenvalue weighted by Crippen LogP contribution is -2.40. The molecule has 1 fully saturated rings. The Morgan fingerprint density at radius 1 is 1.33 bits per heavy atom. The van der Waals surface area contributed by atoms with E-state index in [-0.39, 0.29) is 11.9 Å². The van der Waals surface area contributed by atoms with E-state index in [0.717, 1.165) is 29.2 Å². The topological polar surface area (TPSA) is 41.5 Å². The monoisotopic (exact) mass is 302 g/mol. The third kappa shape index (κ3) is 3.49. The molecule has 0 bridgehead atoms. The van der Waals surface area contributed by atoms with Crippen LogP contribution in [0.3, 0.4) is 0 Å². The summed E-state index contributed by atoms with van der Waals surface area (Å²) in [7, 11) is 0. The van der Waals surface area contributed by atoms with Gasteiger partial charge < -0.3 is 5.32 Å². The normalized spacial score (nSPS) is 27.4. The van der Waals surface area contributed by atoms with Gasteiger partial charge in [0, 0.05) is 17.4 Å². The van der Waals surface area contributed by atoms with Gasteiger partial charge in [-0.3, -0.25) is 9.79 Å². The van der Waals surface area contributed by atoms with Crippen LogP contribution in [-0.2, 0) is 4.79 Å². The van der Waals surface area contributed by atoms with E-state index in [1.165, 1.54) is 6.42 Å². The van der Waals surface area contributed by atoms with Crippen molar-refractivity contribution in [2.75, 3.05) is 5.75 Å². The Hall–Kier alpha value is -1.29. The predicted molar refractivity (Wildman–Crippen MR) is 88.8 cm³/mol. The van der Waals surface area contributed by atoms with E-state index in [1.807, 2.05) is 30.3 Å². The van der Waals surface area contributed by atoms with Crippen LogP contribution in [0.2, 0.25) is 0 Å². The first-order valence-corrected chi connectivity index (χ1v) is 8.58. The number of carbonyl (C=O) groups excluding carboxylic acids is 1. The summed E-state index contributed by atoms with van der Waals surface area (Å²) in [6.07, 6.45) is 3.36. The smallest absolute Gasteiger partial charge is 0.245 e. The van der Waals surface area contributed by atoms with Crippen LogP contribution < -0.4 is 5.32 Å². The van der Waals surface area contributed by atoms with Crippen molar-refractivity contribution in [3.63, 3.8) is 0 Å². The van der Waals surface area contributed by atoms with Crippen molar-refractivity contribution in [3.8, 4) is 0 Å². The molecular formula is C17H22N2OS. The fraction of sp³-hybridized carbons (Fsp3) is 0.529. The van der Waals surface area contributed by atoms with E-state index in [0.29, 0.717) is 11.5 Å². The highest BCUT2D eigenvalue weighted by Gasteiger charge is 2.34. The van der Waals surface area contributed by atoms with E-state index in [4.69, 9.17) is 0 Å². The molecule has 0 radical (unpaired) electrons. The van der Waals surface area contributed by atoms with E-state index < -0.39 is 0 Å². The van der Waals surface area contributed by atoms with Crippen molar-refractivity contribution < 1.29 is 4.79 Å². The fourth-order valence-electron chi connectivity index (χ4n) is 3.10. The van der Waals surface area contributed by atoms with Crippen LogP contribution in [0.5, 0.6) is 0 Å². The van der Waals surface area contributed by atoms with Crippen molar-refractivity contribution >= 4 is 22.7 Å². The van der Waals surface area contributed by atoms with Crippen LogP contribution >= 0.6 is 11.8 Å². The standard InChI is InChI=1S/C17H22N2OS/c1-17(2)9-8-13(10-17)18-15(20)14-11-21-16(19-14)12-6-4-3-5-7-12/h3-7,13-14H,8-11H2,1-2H3,(H,18,20). The minimum atomic E-state index is -0.228. The van der Waals surface area contributed by atoms with Gasteiger partial charge in [0.05, 0.1) is 5.04 Å². The van der Waals surface area contributed by atoms with Gasteiger partial charge in [-0.15, -0.1) is 11.8 Å². The zero-order valence-corrected chi connectivity index (χ0v) is 13.5. The molecule has 0 saturated heterocycles. The molecule has 2 unspecified atom stereocenters. The number of hydrogen-bond donors (Lipinski definition) is 1. The molecule has 1 N–H and O–H groups in total. The number of benzene rings is 1. The molecule has 1 aliphatic carbocycles. The van der Waals surface area contributed by atoms with Gasteiger partial charge in [0.25, 0.3) is 0 Å². The molecule has 1 aromatic carbocycles. The number of hydrogen-bond acceptors (Lipinski definition) is 3. The highest BCUT2D eigenvalue weighted by atomic mass is 32.2. The summed E-state index contributed by atoms with van der Waals surface area (Å²) in [6.45, 7) is 4.55. The second-order valence-electron chi connectivity index (χ2n) is 6.74. The number of aliphatic imine (C=N–C) groups is 1.